The Morgan fingerprint density at radius 3 is 2.82 bits per heavy atom. The van der Waals surface area contributed by atoms with E-state index < -0.39 is 0 Å². The molecule has 0 unspecified atom stereocenters. The van der Waals surface area contributed by atoms with Gasteiger partial charge in [0, 0.05) is 11.6 Å². The fourth-order valence-corrected chi connectivity index (χ4v) is 2.85. The highest BCUT2D eigenvalue weighted by Gasteiger charge is 2.02. The van der Waals surface area contributed by atoms with Crippen LogP contribution in [0.15, 0.2) is 40.2 Å². The van der Waals surface area contributed by atoms with Gasteiger partial charge in [-0.15, -0.1) is 11.3 Å². The third-order valence-electron chi connectivity index (χ3n) is 2.27. The van der Waals surface area contributed by atoms with Crippen LogP contribution in [0.25, 0.3) is 0 Å². The fraction of sp³-hybridized carbons (Fsp3) is 0.231. The van der Waals surface area contributed by atoms with Crippen LogP contribution < -0.4 is 4.74 Å². The summed E-state index contributed by atoms with van der Waals surface area (Å²) in [6.07, 6.45) is 0. The molecule has 0 fully saturated rings. The first-order valence-corrected chi connectivity index (χ1v) is 6.89. The van der Waals surface area contributed by atoms with E-state index in [1.807, 2.05) is 35.7 Å². The van der Waals surface area contributed by atoms with Crippen molar-refractivity contribution in [1.82, 2.24) is 0 Å². The Hall–Kier alpha value is -0.840. The highest BCUT2D eigenvalue weighted by molar-refractivity contribution is 9.10. The van der Waals surface area contributed by atoms with Crippen molar-refractivity contribution >= 4 is 27.3 Å². The normalized spacial score (nSPS) is 10.5. The monoisotopic (exact) mass is 312 g/mol. The Balaban J connectivity index is 1.99. The molecular formula is C13H13BrO2S. The van der Waals surface area contributed by atoms with Crippen molar-refractivity contribution in [2.75, 3.05) is 7.11 Å². The van der Waals surface area contributed by atoms with Crippen molar-refractivity contribution in [2.24, 2.45) is 0 Å². The van der Waals surface area contributed by atoms with E-state index in [0.29, 0.717) is 13.2 Å². The second-order valence-electron chi connectivity index (χ2n) is 3.56. The molecule has 90 valence electrons. The van der Waals surface area contributed by atoms with Gasteiger partial charge in [0.15, 0.2) is 0 Å². The third kappa shape index (κ3) is 3.56. The molecule has 0 atom stereocenters. The summed E-state index contributed by atoms with van der Waals surface area (Å²) in [4.78, 5) is 1.20. The molecular weight excluding hydrogens is 300 g/mol. The molecule has 2 nitrogen and oxygen atoms in total. The zero-order valence-electron chi connectivity index (χ0n) is 9.48. The first-order chi connectivity index (χ1) is 8.29. The molecule has 0 aliphatic carbocycles. The van der Waals surface area contributed by atoms with Gasteiger partial charge in [0.1, 0.15) is 12.4 Å². The largest absolute Gasteiger partial charge is 0.488 e. The van der Waals surface area contributed by atoms with Gasteiger partial charge in [-0.05, 0) is 45.1 Å². The zero-order chi connectivity index (χ0) is 12.1. The van der Waals surface area contributed by atoms with Gasteiger partial charge in [-0.1, -0.05) is 12.1 Å². The second-order valence-corrected chi connectivity index (χ2v) is 5.42. The highest BCUT2D eigenvalue weighted by Crippen LogP contribution is 2.24. The van der Waals surface area contributed by atoms with Gasteiger partial charge >= 0.3 is 0 Å². The van der Waals surface area contributed by atoms with Crippen LogP contribution in [0.2, 0.25) is 0 Å². The molecule has 0 radical (unpaired) electrons. The van der Waals surface area contributed by atoms with E-state index in [1.165, 1.54) is 4.88 Å². The molecule has 1 aromatic carbocycles. The first-order valence-electron chi connectivity index (χ1n) is 5.22. The molecule has 1 aromatic heterocycles. The number of ether oxygens (including phenoxy) is 2. The van der Waals surface area contributed by atoms with Gasteiger partial charge in [0.25, 0.3) is 0 Å². The summed E-state index contributed by atoms with van der Waals surface area (Å²) >= 11 is 5.18. The minimum atomic E-state index is 0.592. The van der Waals surface area contributed by atoms with Crippen LogP contribution in [0.4, 0.5) is 0 Å². The van der Waals surface area contributed by atoms with Crippen molar-refractivity contribution in [2.45, 2.75) is 13.2 Å². The van der Waals surface area contributed by atoms with Crippen molar-refractivity contribution in [3.05, 3.63) is 50.6 Å². The van der Waals surface area contributed by atoms with Crippen molar-refractivity contribution in [3.63, 3.8) is 0 Å². The van der Waals surface area contributed by atoms with E-state index in [1.54, 1.807) is 18.4 Å². The lowest BCUT2D eigenvalue weighted by molar-refractivity contribution is 0.184. The molecule has 0 saturated heterocycles. The summed E-state index contributed by atoms with van der Waals surface area (Å²) < 4.78 is 11.9. The standard InChI is InChI=1S/C13H13BrO2S/c1-15-8-10-3-2-4-11(7-10)16-9-13-12(14)5-6-17-13/h2-7H,8-9H2,1H3. The smallest absolute Gasteiger partial charge is 0.124 e. The van der Waals surface area contributed by atoms with Crippen LogP contribution in [0.1, 0.15) is 10.4 Å². The van der Waals surface area contributed by atoms with Crippen LogP contribution in [0, 0.1) is 0 Å². The lowest BCUT2D eigenvalue weighted by atomic mass is 10.2. The summed E-state index contributed by atoms with van der Waals surface area (Å²) in [6.45, 7) is 1.20. The maximum atomic E-state index is 5.74. The number of hydrogen-bond donors (Lipinski definition) is 0. The Labute approximate surface area is 113 Å². The molecule has 4 heteroatoms. The molecule has 0 amide bonds. The summed E-state index contributed by atoms with van der Waals surface area (Å²) in [6, 6.07) is 10.0. The van der Waals surface area contributed by atoms with Gasteiger partial charge in [-0.25, -0.2) is 0 Å². The van der Waals surface area contributed by atoms with Gasteiger partial charge in [-0.2, -0.15) is 0 Å². The van der Waals surface area contributed by atoms with Crippen LogP contribution in [0.3, 0.4) is 0 Å². The van der Waals surface area contributed by atoms with Crippen LogP contribution >= 0.6 is 27.3 Å². The minimum Gasteiger partial charge on any atom is -0.488 e. The van der Waals surface area contributed by atoms with E-state index in [-0.39, 0.29) is 0 Å². The number of rotatable bonds is 5. The Morgan fingerprint density at radius 1 is 1.24 bits per heavy atom. The summed E-state index contributed by atoms with van der Waals surface area (Å²) in [5, 5.41) is 2.05. The van der Waals surface area contributed by atoms with Crippen molar-refractivity contribution in [1.29, 1.82) is 0 Å². The molecule has 0 aliphatic heterocycles. The van der Waals surface area contributed by atoms with Crippen LogP contribution in [-0.4, -0.2) is 7.11 Å². The number of hydrogen-bond acceptors (Lipinski definition) is 3. The molecule has 17 heavy (non-hydrogen) atoms. The van der Waals surface area contributed by atoms with Crippen LogP contribution in [-0.2, 0) is 18.0 Å². The molecule has 0 spiro atoms. The molecule has 2 aromatic rings. The quantitative estimate of drug-likeness (QED) is 0.822. The van der Waals surface area contributed by atoms with E-state index in [0.717, 1.165) is 15.8 Å². The molecule has 0 bridgehead atoms. The average molecular weight is 313 g/mol. The predicted molar refractivity (Wildman–Crippen MR) is 73.5 cm³/mol. The van der Waals surface area contributed by atoms with E-state index >= 15 is 0 Å². The van der Waals surface area contributed by atoms with E-state index in [9.17, 15) is 0 Å². The average Bonchev–Trinajstić information content (AvgIpc) is 2.73. The highest BCUT2D eigenvalue weighted by atomic mass is 79.9. The molecule has 0 N–H and O–H groups in total. The van der Waals surface area contributed by atoms with E-state index in [4.69, 9.17) is 9.47 Å². The Morgan fingerprint density at radius 2 is 2.12 bits per heavy atom. The maximum absolute atomic E-state index is 5.74. The SMILES string of the molecule is COCc1cccc(OCc2sccc2Br)c1. The minimum absolute atomic E-state index is 0.592. The Bertz CT molecular complexity index is 482. The fourth-order valence-electron chi connectivity index (χ4n) is 1.47. The second kappa shape index (κ2) is 6.19. The summed E-state index contributed by atoms with van der Waals surface area (Å²) in [7, 11) is 1.69. The lowest BCUT2D eigenvalue weighted by Crippen LogP contribution is -1.95. The topological polar surface area (TPSA) is 18.5 Å². The molecule has 1 heterocycles. The Kier molecular flexibility index (Phi) is 4.59. The molecule has 2 rings (SSSR count). The van der Waals surface area contributed by atoms with Gasteiger partial charge in [0.05, 0.1) is 11.5 Å². The van der Waals surface area contributed by atoms with Crippen molar-refractivity contribution < 1.29 is 9.47 Å². The summed E-state index contributed by atoms with van der Waals surface area (Å²) in [5.74, 6) is 0.875. The van der Waals surface area contributed by atoms with Crippen LogP contribution in [0.5, 0.6) is 5.75 Å². The number of thiophene rings is 1. The third-order valence-corrected chi connectivity index (χ3v) is 4.17. The molecule has 0 aliphatic rings. The number of benzene rings is 1. The van der Waals surface area contributed by atoms with Gasteiger partial charge < -0.3 is 9.47 Å². The van der Waals surface area contributed by atoms with Crippen molar-refractivity contribution in [3.8, 4) is 5.75 Å². The summed E-state index contributed by atoms with van der Waals surface area (Å²) in [5.41, 5.74) is 1.12. The number of methoxy groups -OCH3 is 1. The first kappa shape index (κ1) is 12.6. The number of halogens is 1. The molecule has 0 saturated carbocycles. The maximum Gasteiger partial charge on any atom is 0.124 e. The lowest BCUT2D eigenvalue weighted by Gasteiger charge is -2.07. The predicted octanol–water partition coefficient (Wildman–Crippen LogP) is 4.24. The zero-order valence-corrected chi connectivity index (χ0v) is 11.9. The van der Waals surface area contributed by atoms with Gasteiger partial charge in [0.2, 0.25) is 0 Å². The van der Waals surface area contributed by atoms with E-state index in [2.05, 4.69) is 15.9 Å². The van der Waals surface area contributed by atoms with Gasteiger partial charge in [-0.3, -0.25) is 0 Å².